The Morgan fingerprint density at radius 2 is 2.00 bits per heavy atom. The third-order valence-electron chi connectivity index (χ3n) is 3.00. The van der Waals surface area contributed by atoms with E-state index in [1.165, 1.54) is 6.20 Å². The topological polar surface area (TPSA) is 74.0 Å². The predicted molar refractivity (Wildman–Crippen MR) is 86.3 cm³/mol. The zero-order valence-electron chi connectivity index (χ0n) is 11.7. The van der Waals surface area contributed by atoms with Gasteiger partial charge in [0.1, 0.15) is 0 Å². The summed E-state index contributed by atoms with van der Waals surface area (Å²) in [4.78, 5) is 3.22. The summed E-state index contributed by atoms with van der Waals surface area (Å²) in [6, 6.07) is 9.17. The van der Waals surface area contributed by atoms with Crippen molar-refractivity contribution in [3.63, 3.8) is 0 Å². The molecule has 0 saturated heterocycles. The summed E-state index contributed by atoms with van der Waals surface area (Å²) in [6.07, 6.45) is 1.51. The minimum absolute atomic E-state index is 0.247. The summed E-state index contributed by atoms with van der Waals surface area (Å²) in [6.45, 7) is 3.70. The molecule has 2 aromatic rings. The average molecular weight is 372 g/mol. The second-order valence-electron chi connectivity index (χ2n) is 4.56. The molecule has 7 heteroatoms. The fourth-order valence-corrected chi connectivity index (χ4v) is 3.28. The van der Waals surface area contributed by atoms with Crippen LogP contribution >= 0.6 is 15.9 Å². The van der Waals surface area contributed by atoms with Crippen molar-refractivity contribution < 1.29 is 8.42 Å². The SMILES string of the molecule is CCNCc1cc(S(=O)(=O)NCc2ccccc2Br)c[nH]1. The van der Waals surface area contributed by atoms with E-state index in [9.17, 15) is 8.42 Å². The van der Waals surface area contributed by atoms with Gasteiger partial charge in [-0.2, -0.15) is 0 Å². The van der Waals surface area contributed by atoms with E-state index in [0.29, 0.717) is 6.54 Å². The van der Waals surface area contributed by atoms with Crippen molar-refractivity contribution in [2.45, 2.75) is 24.9 Å². The lowest BCUT2D eigenvalue weighted by Crippen LogP contribution is -2.23. The van der Waals surface area contributed by atoms with Crippen LogP contribution in [0.1, 0.15) is 18.2 Å². The van der Waals surface area contributed by atoms with Gasteiger partial charge < -0.3 is 10.3 Å². The lowest BCUT2D eigenvalue weighted by atomic mass is 10.2. The van der Waals surface area contributed by atoms with E-state index in [2.05, 4.69) is 31.0 Å². The van der Waals surface area contributed by atoms with Gasteiger partial charge in [-0.15, -0.1) is 0 Å². The number of rotatable bonds is 7. The van der Waals surface area contributed by atoms with Gasteiger partial charge in [0, 0.05) is 29.5 Å². The molecule has 3 N–H and O–H groups in total. The lowest BCUT2D eigenvalue weighted by molar-refractivity contribution is 0.581. The summed E-state index contributed by atoms with van der Waals surface area (Å²) >= 11 is 3.40. The fraction of sp³-hybridized carbons (Fsp3) is 0.286. The van der Waals surface area contributed by atoms with Crippen LogP contribution in [0.15, 0.2) is 45.9 Å². The summed E-state index contributed by atoms with van der Waals surface area (Å²) < 4.78 is 28.0. The molecule has 0 aliphatic heterocycles. The first kappa shape index (κ1) is 16.2. The second kappa shape index (κ2) is 7.22. The van der Waals surface area contributed by atoms with Gasteiger partial charge in [-0.05, 0) is 24.2 Å². The van der Waals surface area contributed by atoms with Gasteiger partial charge in [0.2, 0.25) is 10.0 Å². The van der Waals surface area contributed by atoms with E-state index in [1.54, 1.807) is 6.07 Å². The number of aromatic nitrogens is 1. The first-order chi connectivity index (χ1) is 10.0. The quantitative estimate of drug-likeness (QED) is 0.699. The van der Waals surface area contributed by atoms with Gasteiger partial charge in [0.25, 0.3) is 0 Å². The van der Waals surface area contributed by atoms with Crippen LogP contribution in [0, 0.1) is 0 Å². The minimum Gasteiger partial charge on any atom is -0.363 e. The summed E-state index contributed by atoms with van der Waals surface area (Å²) in [5, 5.41) is 3.14. The van der Waals surface area contributed by atoms with Gasteiger partial charge in [-0.3, -0.25) is 0 Å². The standard InChI is InChI=1S/C14H18BrN3O2S/c1-2-16-9-12-7-13(10-17-12)21(19,20)18-8-11-5-3-4-6-14(11)15/h3-7,10,16-18H,2,8-9H2,1H3. The van der Waals surface area contributed by atoms with Crippen molar-refractivity contribution in [1.29, 1.82) is 0 Å². The molecule has 0 saturated carbocycles. The van der Waals surface area contributed by atoms with Crippen LogP contribution in [-0.4, -0.2) is 19.9 Å². The van der Waals surface area contributed by atoms with E-state index in [1.807, 2.05) is 31.2 Å². The Morgan fingerprint density at radius 3 is 2.71 bits per heavy atom. The number of nitrogens with one attached hydrogen (secondary N) is 3. The largest absolute Gasteiger partial charge is 0.363 e. The molecule has 0 radical (unpaired) electrons. The monoisotopic (exact) mass is 371 g/mol. The van der Waals surface area contributed by atoms with Crippen LogP contribution < -0.4 is 10.0 Å². The lowest BCUT2D eigenvalue weighted by Gasteiger charge is -2.06. The summed E-state index contributed by atoms with van der Waals surface area (Å²) in [5.41, 5.74) is 1.74. The first-order valence-electron chi connectivity index (χ1n) is 6.64. The van der Waals surface area contributed by atoms with Gasteiger partial charge >= 0.3 is 0 Å². The molecule has 114 valence electrons. The Bertz CT molecular complexity index is 698. The highest BCUT2D eigenvalue weighted by atomic mass is 79.9. The Morgan fingerprint density at radius 1 is 1.24 bits per heavy atom. The normalized spacial score (nSPS) is 11.7. The molecule has 0 atom stereocenters. The Hall–Kier alpha value is -1.15. The number of benzene rings is 1. The van der Waals surface area contributed by atoms with E-state index in [0.717, 1.165) is 22.3 Å². The smallest absolute Gasteiger partial charge is 0.242 e. The maximum atomic E-state index is 12.2. The van der Waals surface area contributed by atoms with Gasteiger partial charge in [-0.1, -0.05) is 41.1 Å². The Kier molecular flexibility index (Phi) is 5.58. The molecule has 1 aromatic carbocycles. The van der Waals surface area contributed by atoms with Crippen LogP contribution in [0.3, 0.4) is 0 Å². The average Bonchev–Trinajstić information content (AvgIpc) is 2.94. The van der Waals surface area contributed by atoms with Crippen LogP contribution in [0.5, 0.6) is 0 Å². The minimum atomic E-state index is -3.51. The molecule has 21 heavy (non-hydrogen) atoms. The molecule has 5 nitrogen and oxygen atoms in total. The number of halogens is 1. The second-order valence-corrected chi connectivity index (χ2v) is 7.18. The zero-order valence-corrected chi connectivity index (χ0v) is 14.1. The molecule has 2 rings (SSSR count). The van der Waals surface area contributed by atoms with Crippen molar-refractivity contribution in [3.05, 3.63) is 52.3 Å². The van der Waals surface area contributed by atoms with Crippen LogP contribution in [0.2, 0.25) is 0 Å². The molecule has 0 amide bonds. The van der Waals surface area contributed by atoms with Crippen molar-refractivity contribution in [2.75, 3.05) is 6.54 Å². The molecule has 0 aliphatic rings. The van der Waals surface area contributed by atoms with Crippen molar-refractivity contribution in [1.82, 2.24) is 15.0 Å². The number of hydrogen-bond donors (Lipinski definition) is 3. The van der Waals surface area contributed by atoms with E-state index in [4.69, 9.17) is 0 Å². The van der Waals surface area contributed by atoms with Crippen molar-refractivity contribution in [2.24, 2.45) is 0 Å². The van der Waals surface area contributed by atoms with E-state index >= 15 is 0 Å². The molecule has 0 spiro atoms. The molecular weight excluding hydrogens is 354 g/mol. The van der Waals surface area contributed by atoms with E-state index < -0.39 is 10.0 Å². The fourth-order valence-electron chi connectivity index (χ4n) is 1.83. The molecule has 0 fully saturated rings. The number of aromatic amines is 1. The highest BCUT2D eigenvalue weighted by Gasteiger charge is 2.16. The summed E-state index contributed by atoms with van der Waals surface area (Å²) in [7, 11) is -3.51. The van der Waals surface area contributed by atoms with Crippen LogP contribution in [0.4, 0.5) is 0 Å². The highest BCUT2D eigenvalue weighted by molar-refractivity contribution is 9.10. The van der Waals surface area contributed by atoms with Crippen LogP contribution in [-0.2, 0) is 23.1 Å². The van der Waals surface area contributed by atoms with Gasteiger partial charge in [-0.25, -0.2) is 13.1 Å². The molecule has 1 heterocycles. The van der Waals surface area contributed by atoms with Crippen molar-refractivity contribution in [3.8, 4) is 0 Å². The Labute approximate surface area is 133 Å². The maximum Gasteiger partial charge on any atom is 0.242 e. The summed E-state index contributed by atoms with van der Waals surface area (Å²) in [5.74, 6) is 0. The third kappa shape index (κ3) is 4.41. The maximum absolute atomic E-state index is 12.2. The van der Waals surface area contributed by atoms with Crippen molar-refractivity contribution >= 4 is 26.0 Å². The Balaban J connectivity index is 2.05. The number of hydrogen-bond acceptors (Lipinski definition) is 3. The zero-order chi connectivity index (χ0) is 15.3. The molecule has 0 aliphatic carbocycles. The molecule has 0 bridgehead atoms. The van der Waals surface area contributed by atoms with Gasteiger partial charge in [0.05, 0.1) is 4.90 Å². The molecule has 0 unspecified atom stereocenters. The predicted octanol–water partition coefficient (Wildman–Crippen LogP) is 2.37. The number of H-pyrrole nitrogens is 1. The first-order valence-corrected chi connectivity index (χ1v) is 8.91. The van der Waals surface area contributed by atoms with Gasteiger partial charge in [0.15, 0.2) is 0 Å². The highest BCUT2D eigenvalue weighted by Crippen LogP contribution is 2.17. The number of sulfonamides is 1. The molecule has 1 aromatic heterocycles. The third-order valence-corrected chi connectivity index (χ3v) is 5.16. The van der Waals surface area contributed by atoms with Crippen LogP contribution in [0.25, 0.3) is 0 Å². The molecular formula is C14H18BrN3O2S. The van der Waals surface area contributed by atoms with E-state index in [-0.39, 0.29) is 11.4 Å².